The molecular formula is C15H30N2. The minimum absolute atomic E-state index is 0.185. The lowest BCUT2D eigenvalue weighted by Crippen LogP contribution is -2.43. The Morgan fingerprint density at radius 1 is 1.12 bits per heavy atom. The molecule has 100 valence electrons. The third kappa shape index (κ3) is 3.69. The van der Waals surface area contributed by atoms with Crippen molar-refractivity contribution in [3.8, 4) is 0 Å². The van der Waals surface area contributed by atoms with Crippen molar-refractivity contribution < 1.29 is 0 Å². The molecule has 0 bridgehead atoms. The molecule has 1 unspecified atom stereocenters. The van der Waals surface area contributed by atoms with Crippen LogP contribution in [0.25, 0.3) is 0 Å². The van der Waals surface area contributed by atoms with E-state index in [1.54, 1.807) is 0 Å². The normalized spacial score (nSPS) is 30.4. The van der Waals surface area contributed by atoms with Crippen molar-refractivity contribution in [2.75, 3.05) is 13.1 Å². The van der Waals surface area contributed by atoms with Gasteiger partial charge in [-0.3, -0.25) is 0 Å². The predicted octanol–water partition coefficient (Wildman–Crippen LogP) is 3.30. The average Bonchev–Trinajstić information content (AvgIpc) is 2.64. The largest absolute Gasteiger partial charge is 0.325 e. The lowest BCUT2D eigenvalue weighted by atomic mass is 9.94. The zero-order chi connectivity index (χ0) is 12.1. The van der Waals surface area contributed by atoms with Crippen LogP contribution >= 0.6 is 0 Å². The fourth-order valence-electron chi connectivity index (χ4n) is 3.69. The molecule has 0 spiro atoms. The quantitative estimate of drug-likeness (QED) is 0.814. The molecule has 1 heterocycles. The second-order valence-corrected chi connectivity index (χ2v) is 6.27. The lowest BCUT2D eigenvalue weighted by Gasteiger charge is -2.33. The topological polar surface area (TPSA) is 29.3 Å². The minimum Gasteiger partial charge on any atom is -0.325 e. The van der Waals surface area contributed by atoms with Crippen LogP contribution in [0.5, 0.6) is 0 Å². The molecule has 2 N–H and O–H groups in total. The van der Waals surface area contributed by atoms with E-state index < -0.39 is 0 Å². The van der Waals surface area contributed by atoms with Crippen LogP contribution in [0.3, 0.4) is 0 Å². The number of nitrogens with two attached hydrogens (primary N) is 1. The van der Waals surface area contributed by atoms with Gasteiger partial charge < -0.3 is 10.6 Å². The Balaban J connectivity index is 1.82. The summed E-state index contributed by atoms with van der Waals surface area (Å²) in [4.78, 5) is 2.74. The zero-order valence-corrected chi connectivity index (χ0v) is 11.6. The number of likely N-dealkylation sites (tertiary alicyclic amines) is 1. The molecule has 0 aromatic carbocycles. The van der Waals surface area contributed by atoms with Crippen LogP contribution in [-0.2, 0) is 0 Å². The van der Waals surface area contributed by atoms with Crippen LogP contribution in [0, 0.1) is 0 Å². The van der Waals surface area contributed by atoms with Gasteiger partial charge in [-0.1, -0.05) is 32.6 Å². The Bertz CT molecular complexity index is 221. The molecule has 0 aromatic rings. The van der Waals surface area contributed by atoms with E-state index in [0.29, 0.717) is 0 Å². The summed E-state index contributed by atoms with van der Waals surface area (Å²) in [6, 6.07) is 0.836. The first-order valence-electron chi connectivity index (χ1n) is 7.76. The molecule has 1 aliphatic carbocycles. The Labute approximate surface area is 107 Å². The van der Waals surface area contributed by atoms with Gasteiger partial charge in [0.25, 0.3) is 0 Å². The van der Waals surface area contributed by atoms with E-state index >= 15 is 0 Å². The van der Waals surface area contributed by atoms with Gasteiger partial charge in [0.1, 0.15) is 0 Å². The Morgan fingerprint density at radius 2 is 1.88 bits per heavy atom. The molecule has 0 radical (unpaired) electrons. The predicted molar refractivity (Wildman–Crippen MR) is 74.1 cm³/mol. The molecule has 17 heavy (non-hydrogen) atoms. The standard InChI is InChI=1S/C15H30N2/c1-2-14-8-4-3-7-12-17(14)13-11-15(16)9-5-6-10-15/h14H,2-13,16H2,1H3. The average molecular weight is 238 g/mol. The van der Waals surface area contributed by atoms with Gasteiger partial charge in [0, 0.05) is 18.1 Å². The van der Waals surface area contributed by atoms with Gasteiger partial charge in [-0.2, -0.15) is 0 Å². The van der Waals surface area contributed by atoms with E-state index in [2.05, 4.69) is 11.8 Å². The molecule has 1 atom stereocenters. The highest BCUT2D eigenvalue weighted by Gasteiger charge is 2.30. The van der Waals surface area contributed by atoms with Gasteiger partial charge >= 0.3 is 0 Å². The van der Waals surface area contributed by atoms with E-state index in [9.17, 15) is 0 Å². The van der Waals surface area contributed by atoms with Crippen LogP contribution in [0.4, 0.5) is 0 Å². The van der Waals surface area contributed by atoms with Gasteiger partial charge in [-0.15, -0.1) is 0 Å². The number of hydrogen-bond acceptors (Lipinski definition) is 2. The molecule has 2 rings (SSSR count). The smallest absolute Gasteiger partial charge is 0.0166 e. The summed E-state index contributed by atoms with van der Waals surface area (Å²) in [7, 11) is 0. The monoisotopic (exact) mass is 238 g/mol. The number of nitrogens with zero attached hydrogens (tertiary/aromatic N) is 1. The van der Waals surface area contributed by atoms with E-state index in [1.165, 1.54) is 77.3 Å². The maximum atomic E-state index is 6.48. The summed E-state index contributed by atoms with van der Waals surface area (Å²) < 4.78 is 0. The van der Waals surface area contributed by atoms with Gasteiger partial charge in [0.15, 0.2) is 0 Å². The summed E-state index contributed by atoms with van der Waals surface area (Å²) in [5.74, 6) is 0. The molecule has 2 aliphatic rings. The SMILES string of the molecule is CCC1CCCCCN1CCC1(N)CCCC1. The van der Waals surface area contributed by atoms with Gasteiger partial charge in [0.05, 0.1) is 0 Å². The molecule has 2 heteroatoms. The summed E-state index contributed by atoms with van der Waals surface area (Å²) in [5, 5.41) is 0. The van der Waals surface area contributed by atoms with E-state index in [4.69, 9.17) is 5.73 Å². The zero-order valence-electron chi connectivity index (χ0n) is 11.6. The van der Waals surface area contributed by atoms with Gasteiger partial charge in [0.2, 0.25) is 0 Å². The van der Waals surface area contributed by atoms with Crippen LogP contribution in [-0.4, -0.2) is 29.6 Å². The van der Waals surface area contributed by atoms with E-state index in [1.807, 2.05) is 0 Å². The van der Waals surface area contributed by atoms with Crippen LogP contribution in [0.2, 0.25) is 0 Å². The third-order valence-corrected chi connectivity index (χ3v) is 4.97. The molecule has 2 fully saturated rings. The second-order valence-electron chi connectivity index (χ2n) is 6.27. The highest BCUT2D eigenvalue weighted by molar-refractivity contribution is 4.90. The summed E-state index contributed by atoms with van der Waals surface area (Å²) in [5.41, 5.74) is 6.66. The van der Waals surface area contributed by atoms with E-state index in [-0.39, 0.29) is 5.54 Å². The maximum Gasteiger partial charge on any atom is 0.0166 e. The first-order valence-corrected chi connectivity index (χ1v) is 7.76. The molecule has 0 aromatic heterocycles. The van der Waals surface area contributed by atoms with E-state index in [0.717, 1.165) is 6.04 Å². The fraction of sp³-hybridized carbons (Fsp3) is 1.00. The van der Waals surface area contributed by atoms with Crippen molar-refractivity contribution in [1.29, 1.82) is 0 Å². The maximum absolute atomic E-state index is 6.48. The van der Waals surface area contributed by atoms with Gasteiger partial charge in [-0.05, 0) is 45.1 Å². The van der Waals surface area contributed by atoms with Crippen molar-refractivity contribution in [3.05, 3.63) is 0 Å². The molecule has 1 saturated carbocycles. The Morgan fingerprint density at radius 3 is 2.59 bits per heavy atom. The van der Waals surface area contributed by atoms with Crippen molar-refractivity contribution in [2.24, 2.45) is 5.73 Å². The molecule has 1 aliphatic heterocycles. The second kappa shape index (κ2) is 6.19. The highest BCUT2D eigenvalue weighted by Crippen LogP contribution is 2.31. The van der Waals surface area contributed by atoms with Crippen molar-refractivity contribution in [3.63, 3.8) is 0 Å². The summed E-state index contributed by atoms with van der Waals surface area (Å²) in [6.45, 7) is 4.90. The first kappa shape index (κ1) is 13.4. The van der Waals surface area contributed by atoms with Gasteiger partial charge in [-0.25, -0.2) is 0 Å². The molecule has 1 saturated heterocycles. The molecular weight excluding hydrogens is 208 g/mol. The van der Waals surface area contributed by atoms with Crippen LogP contribution < -0.4 is 5.73 Å². The highest BCUT2D eigenvalue weighted by atomic mass is 15.2. The van der Waals surface area contributed by atoms with Crippen molar-refractivity contribution in [2.45, 2.75) is 82.7 Å². The van der Waals surface area contributed by atoms with Crippen molar-refractivity contribution in [1.82, 2.24) is 4.90 Å². The minimum atomic E-state index is 0.185. The summed E-state index contributed by atoms with van der Waals surface area (Å²) in [6.07, 6.45) is 13.4. The van der Waals surface area contributed by atoms with Crippen LogP contribution in [0.1, 0.15) is 71.1 Å². The Kier molecular flexibility index (Phi) is 4.87. The molecule has 0 amide bonds. The third-order valence-electron chi connectivity index (χ3n) is 4.97. The Hall–Kier alpha value is -0.0800. The number of rotatable bonds is 4. The number of hydrogen-bond donors (Lipinski definition) is 1. The fourth-order valence-corrected chi connectivity index (χ4v) is 3.69. The molecule has 2 nitrogen and oxygen atoms in total. The summed E-state index contributed by atoms with van der Waals surface area (Å²) >= 11 is 0. The van der Waals surface area contributed by atoms with Crippen LogP contribution in [0.15, 0.2) is 0 Å². The lowest BCUT2D eigenvalue weighted by molar-refractivity contribution is 0.175. The first-order chi connectivity index (χ1) is 8.23. The van der Waals surface area contributed by atoms with Crippen molar-refractivity contribution >= 4 is 0 Å².